The van der Waals surface area contributed by atoms with Crippen LogP contribution in [0, 0.1) is 6.42 Å². The van der Waals surface area contributed by atoms with Crippen molar-refractivity contribution in [1.82, 2.24) is 9.97 Å². The van der Waals surface area contributed by atoms with Crippen molar-refractivity contribution in [2.24, 2.45) is 5.73 Å². The van der Waals surface area contributed by atoms with Crippen molar-refractivity contribution in [3.63, 3.8) is 0 Å². The van der Waals surface area contributed by atoms with E-state index in [1.807, 2.05) is 12.6 Å². The highest BCUT2D eigenvalue weighted by atomic mass is 16.5. The number of H-pyrrole nitrogens is 1. The van der Waals surface area contributed by atoms with Gasteiger partial charge in [0.15, 0.2) is 0 Å². The number of imidazole rings is 1. The molecule has 0 atom stereocenters. The van der Waals surface area contributed by atoms with E-state index in [0.29, 0.717) is 24.3 Å². The zero-order valence-corrected chi connectivity index (χ0v) is 9.80. The van der Waals surface area contributed by atoms with E-state index in [4.69, 9.17) is 10.5 Å². The molecule has 0 aliphatic heterocycles. The van der Waals surface area contributed by atoms with Gasteiger partial charge in [0.1, 0.15) is 5.75 Å². The minimum absolute atomic E-state index is 0.394. The van der Waals surface area contributed by atoms with E-state index >= 15 is 0 Å². The Bertz CT molecular complexity index is 509. The van der Waals surface area contributed by atoms with Gasteiger partial charge in [-0.3, -0.25) is 4.79 Å². The summed E-state index contributed by atoms with van der Waals surface area (Å²) in [6.45, 7) is 0.400. The van der Waals surface area contributed by atoms with E-state index in [1.165, 1.54) is 0 Å². The first kappa shape index (κ1) is 12.2. The molecular formula is C13H14N3O2. The standard InChI is InChI=1S/C13H14N3O2/c14-13(17)11-5-1-2-6-12(11)18-7-3-4-10-8-15-9-16-10/h1-3,5-6,8-9H,4,7H2,(H2,14,17)(H,15,16). The van der Waals surface area contributed by atoms with E-state index in [-0.39, 0.29) is 0 Å². The SMILES string of the molecule is NC(=O)c1ccccc1OC[CH]Cc1c[nH]cn1. The number of aromatic amines is 1. The molecule has 93 valence electrons. The molecule has 5 heteroatoms. The van der Waals surface area contributed by atoms with Crippen molar-refractivity contribution in [3.8, 4) is 5.75 Å². The maximum atomic E-state index is 11.2. The number of hydrogen-bond acceptors (Lipinski definition) is 3. The molecule has 0 fully saturated rings. The van der Waals surface area contributed by atoms with Crippen LogP contribution in [-0.2, 0) is 6.42 Å². The smallest absolute Gasteiger partial charge is 0.252 e. The Kier molecular flexibility index (Phi) is 3.96. The molecule has 2 rings (SSSR count). The van der Waals surface area contributed by atoms with Gasteiger partial charge in [0, 0.05) is 12.6 Å². The summed E-state index contributed by atoms with van der Waals surface area (Å²) in [6, 6.07) is 6.92. The highest BCUT2D eigenvalue weighted by molar-refractivity contribution is 5.95. The third-order valence-electron chi connectivity index (χ3n) is 2.42. The summed E-state index contributed by atoms with van der Waals surface area (Å²) in [7, 11) is 0. The number of aromatic nitrogens is 2. The third-order valence-corrected chi connectivity index (χ3v) is 2.42. The maximum Gasteiger partial charge on any atom is 0.252 e. The number of nitrogens with zero attached hydrogens (tertiary/aromatic N) is 1. The second-order valence-corrected chi connectivity index (χ2v) is 3.72. The molecule has 0 aliphatic rings. The maximum absolute atomic E-state index is 11.2. The average Bonchev–Trinajstić information content (AvgIpc) is 2.88. The van der Waals surface area contributed by atoms with Crippen molar-refractivity contribution in [2.45, 2.75) is 6.42 Å². The second kappa shape index (κ2) is 5.86. The van der Waals surface area contributed by atoms with Crippen LogP contribution in [0.2, 0.25) is 0 Å². The van der Waals surface area contributed by atoms with Crippen LogP contribution in [-0.4, -0.2) is 22.5 Å². The van der Waals surface area contributed by atoms with Crippen molar-refractivity contribution >= 4 is 5.91 Å². The van der Waals surface area contributed by atoms with Crippen LogP contribution < -0.4 is 10.5 Å². The molecule has 0 saturated carbocycles. The van der Waals surface area contributed by atoms with Crippen LogP contribution in [0.5, 0.6) is 5.75 Å². The Balaban J connectivity index is 1.85. The number of nitrogens with one attached hydrogen (secondary N) is 1. The molecule has 18 heavy (non-hydrogen) atoms. The van der Waals surface area contributed by atoms with Gasteiger partial charge in [0.2, 0.25) is 0 Å². The summed E-state index contributed by atoms with van der Waals surface area (Å²) in [5.74, 6) is 0.0150. The lowest BCUT2D eigenvalue weighted by Crippen LogP contribution is -2.13. The number of nitrogens with two attached hydrogens (primary N) is 1. The molecule has 1 radical (unpaired) electrons. The van der Waals surface area contributed by atoms with Gasteiger partial charge in [-0.25, -0.2) is 4.98 Å². The van der Waals surface area contributed by atoms with Gasteiger partial charge >= 0.3 is 0 Å². The van der Waals surface area contributed by atoms with E-state index in [9.17, 15) is 4.79 Å². The Morgan fingerprint density at radius 3 is 3.00 bits per heavy atom. The topological polar surface area (TPSA) is 81.0 Å². The molecule has 0 unspecified atom stereocenters. The molecule has 0 aliphatic carbocycles. The molecule has 1 aromatic carbocycles. The molecule has 3 N–H and O–H groups in total. The predicted molar refractivity (Wildman–Crippen MR) is 67.0 cm³/mol. The largest absolute Gasteiger partial charge is 0.492 e. The van der Waals surface area contributed by atoms with Crippen LogP contribution in [0.3, 0.4) is 0 Å². The second-order valence-electron chi connectivity index (χ2n) is 3.72. The fourth-order valence-electron chi connectivity index (χ4n) is 1.55. The van der Waals surface area contributed by atoms with Crippen molar-refractivity contribution in [1.29, 1.82) is 0 Å². The number of carbonyl (C=O) groups is 1. The van der Waals surface area contributed by atoms with E-state index in [0.717, 1.165) is 5.69 Å². The summed E-state index contributed by atoms with van der Waals surface area (Å²) in [5, 5.41) is 0. The van der Waals surface area contributed by atoms with Crippen molar-refractivity contribution < 1.29 is 9.53 Å². The lowest BCUT2D eigenvalue weighted by molar-refractivity contribution is 0.0996. The van der Waals surface area contributed by atoms with Crippen molar-refractivity contribution in [2.75, 3.05) is 6.61 Å². The summed E-state index contributed by atoms with van der Waals surface area (Å²) < 4.78 is 5.50. The lowest BCUT2D eigenvalue weighted by Gasteiger charge is -2.08. The highest BCUT2D eigenvalue weighted by Crippen LogP contribution is 2.17. The lowest BCUT2D eigenvalue weighted by atomic mass is 10.2. The third kappa shape index (κ3) is 3.10. The molecule has 5 nitrogen and oxygen atoms in total. The first-order chi connectivity index (χ1) is 8.77. The summed E-state index contributed by atoms with van der Waals surface area (Å²) in [6.07, 6.45) is 6.11. The number of benzene rings is 1. The Morgan fingerprint density at radius 1 is 1.44 bits per heavy atom. The fourth-order valence-corrected chi connectivity index (χ4v) is 1.55. The number of rotatable bonds is 6. The van der Waals surface area contributed by atoms with Crippen LogP contribution >= 0.6 is 0 Å². The van der Waals surface area contributed by atoms with Gasteiger partial charge in [-0.1, -0.05) is 12.1 Å². The number of para-hydroxylation sites is 1. The molecule has 2 aromatic rings. The van der Waals surface area contributed by atoms with Gasteiger partial charge in [0.05, 0.1) is 24.2 Å². The minimum atomic E-state index is -0.488. The molecular weight excluding hydrogens is 230 g/mol. The molecule has 0 spiro atoms. The number of ether oxygens (including phenoxy) is 1. The number of amides is 1. The molecule has 1 heterocycles. The van der Waals surface area contributed by atoms with Gasteiger partial charge in [-0.15, -0.1) is 0 Å². The first-order valence-corrected chi connectivity index (χ1v) is 5.58. The Labute approximate surface area is 105 Å². The molecule has 0 bridgehead atoms. The van der Waals surface area contributed by atoms with Crippen LogP contribution in [0.25, 0.3) is 0 Å². The van der Waals surface area contributed by atoms with E-state index in [2.05, 4.69) is 9.97 Å². The molecule has 1 amide bonds. The minimum Gasteiger partial charge on any atom is -0.492 e. The van der Waals surface area contributed by atoms with Gasteiger partial charge < -0.3 is 15.5 Å². The first-order valence-electron chi connectivity index (χ1n) is 5.58. The Morgan fingerprint density at radius 2 is 2.28 bits per heavy atom. The highest BCUT2D eigenvalue weighted by Gasteiger charge is 2.07. The van der Waals surface area contributed by atoms with E-state index < -0.39 is 5.91 Å². The Hall–Kier alpha value is -2.30. The van der Waals surface area contributed by atoms with Gasteiger partial charge in [-0.2, -0.15) is 0 Å². The average molecular weight is 244 g/mol. The number of hydrogen-bond donors (Lipinski definition) is 2. The van der Waals surface area contributed by atoms with Crippen molar-refractivity contribution in [3.05, 3.63) is 54.5 Å². The predicted octanol–water partition coefficient (Wildman–Crippen LogP) is 1.33. The molecule has 0 saturated heterocycles. The van der Waals surface area contributed by atoms with Gasteiger partial charge in [0.25, 0.3) is 5.91 Å². The van der Waals surface area contributed by atoms with Crippen LogP contribution in [0.1, 0.15) is 16.1 Å². The molecule has 1 aromatic heterocycles. The summed E-state index contributed by atoms with van der Waals surface area (Å²) in [5.41, 5.74) is 6.59. The summed E-state index contributed by atoms with van der Waals surface area (Å²) >= 11 is 0. The summed E-state index contributed by atoms with van der Waals surface area (Å²) in [4.78, 5) is 18.1. The normalized spacial score (nSPS) is 10.2. The van der Waals surface area contributed by atoms with Crippen LogP contribution in [0.15, 0.2) is 36.8 Å². The van der Waals surface area contributed by atoms with Gasteiger partial charge in [-0.05, 0) is 18.6 Å². The monoisotopic (exact) mass is 244 g/mol. The number of primary amides is 1. The zero-order chi connectivity index (χ0) is 12.8. The number of carbonyl (C=O) groups excluding carboxylic acids is 1. The zero-order valence-electron chi connectivity index (χ0n) is 9.80. The quantitative estimate of drug-likeness (QED) is 0.752. The van der Waals surface area contributed by atoms with E-state index in [1.54, 1.807) is 30.6 Å². The van der Waals surface area contributed by atoms with Crippen LogP contribution in [0.4, 0.5) is 0 Å². The fraction of sp³-hybridized carbons (Fsp3) is 0.154.